The summed E-state index contributed by atoms with van der Waals surface area (Å²) in [6.07, 6.45) is 6.89. The molecule has 0 rings (SSSR count). The number of Topliss-reactive ketones (excluding diaryl/α,β-unsaturated/α-hetero) is 1. The Labute approximate surface area is 191 Å². The summed E-state index contributed by atoms with van der Waals surface area (Å²) < 4.78 is 1.35. The van der Waals surface area contributed by atoms with Crippen molar-refractivity contribution in [3.63, 3.8) is 0 Å². The molecule has 0 saturated heterocycles. The minimum atomic E-state index is -0.710. The molecule has 1 N–H and O–H groups in total. The monoisotopic (exact) mass is 542 g/mol. The van der Waals surface area contributed by atoms with E-state index in [4.69, 9.17) is 0 Å². The van der Waals surface area contributed by atoms with E-state index in [0.717, 1.165) is 32.2 Å². The van der Waals surface area contributed by atoms with Crippen LogP contribution in [0.25, 0.3) is 0 Å². The van der Waals surface area contributed by atoms with Gasteiger partial charge in [0.1, 0.15) is 5.78 Å². The molecule has 0 aliphatic carbocycles. The van der Waals surface area contributed by atoms with Crippen molar-refractivity contribution in [3.8, 4) is 0 Å². The van der Waals surface area contributed by atoms with Crippen LogP contribution in [0.3, 0.4) is 0 Å². The zero-order valence-electron chi connectivity index (χ0n) is 19.0. The van der Waals surface area contributed by atoms with Gasteiger partial charge in [0.15, 0.2) is 0 Å². The first-order valence-electron chi connectivity index (χ1n) is 10.7. The number of nitrogens with one attached hydrogen (secondary N) is 1. The maximum absolute atomic E-state index is 12.5. The minimum absolute atomic E-state index is 0.0528. The summed E-state index contributed by atoms with van der Waals surface area (Å²) in [5.74, 6) is 0.908. The summed E-state index contributed by atoms with van der Waals surface area (Å²) in [5, 5.41) is 2.87. The summed E-state index contributed by atoms with van der Waals surface area (Å²) in [7, 11) is 7.74. The molecular weight excluding hydrogens is 501 g/mol. The molecule has 0 spiro atoms. The van der Waals surface area contributed by atoms with E-state index in [1.807, 2.05) is 14.1 Å². The Morgan fingerprint density at radius 2 is 1.66 bits per heavy atom. The third-order valence-corrected chi connectivity index (χ3v) is 9.85. The predicted octanol–water partition coefficient (Wildman–Crippen LogP) is -0.0419. The topological polar surface area (TPSA) is 69.7 Å². The number of amides is 2. The van der Waals surface area contributed by atoms with Gasteiger partial charge in [-0.25, -0.2) is 0 Å². The van der Waals surface area contributed by atoms with E-state index in [2.05, 4.69) is 26.1 Å². The van der Waals surface area contributed by atoms with Crippen molar-refractivity contribution in [1.82, 2.24) is 15.1 Å². The van der Waals surface area contributed by atoms with Gasteiger partial charge in [-0.05, 0) is 34.0 Å². The molecule has 1 unspecified atom stereocenters. The van der Waals surface area contributed by atoms with Crippen molar-refractivity contribution < 1.29 is 34.2 Å². The number of hydrogen-bond acceptors (Lipinski definition) is 5. The van der Waals surface area contributed by atoms with E-state index in [0.29, 0.717) is 32.8 Å². The molecular formula is C21H41IN3O3S-. The molecule has 6 nitrogen and oxygen atoms in total. The molecule has 8 heteroatoms. The molecule has 0 radical (unpaired) electrons. The van der Waals surface area contributed by atoms with E-state index in [1.165, 1.54) is 34.8 Å². The fraction of sp³-hybridized carbons (Fsp3) is 0.857. The molecule has 0 aromatic rings. The van der Waals surface area contributed by atoms with Crippen LogP contribution in [0.5, 0.6) is 0 Å². The Morgan fingerprint density at radius 1 is 1.00 bits per heavy atom. The normalized spacial score (nSPS) is 12.2. The molecule has 0 aliphatic heterocycles. The average molecular weight is 543 g/mol. The van der Waals surface area contributed by atoms with Gasteiger partial charge in [-0.15, -0.1) is 0 Å². The van der Waals surface area contributed by atoms with Crippen LogP contribution in [0.4, 0.5) is 0 Å². The van der Waals surface area contributed by atoms with Crippen LogP contribution in [0, 0.1) is 0 Å². The van der Waals surface area contributed by atoms with Gasteiger partial charge in [0.25, 0.3) is 0 Å². The number of unbranched alkanes of at least 4 members (excludes halogenated alkanes) is 4. The van der Waals surface area contributed by atoms with Crippen LogP contribution < -0.4 is 25.1 Å². The number of ketones is 1. The second kappa shape index (κ2) is 18.4. The molecule has 0 aromatic carbocycles. The molecule has 0 bridgehead atoms. The fourth-order valence-corrected chi connectivity index (χ4v) is 6.61. The predicted molar refractivity (Wildman–Crippen MR) is 119 cm³/mol. The van der Waals surface area contributed by atoms with Gasteiger partial charge >= 0.3 is 125 Å². The van der Waals surface area contributed by atoms with Crippen LogP contribution in [0.2, 0.25) is 0 Å². The first-order chi connectivity index (χ1) is 13.8. The van der Waals surface area contributed by atoms with Crippen LogP contribution in [0.1, 0.15) is 65.2 Å². The summed E-state index contributed by atoms with van der Waals surface area (Å²) in [6, 6.07) is -0.710. The van der Waals surface area contributed by atoms with Crippen molar-refractivity contribution in [1.29, 1.82) is 0 Å². The standard InChI is InChI=1S/C21H41IN3O3S/c1-6-22-29-16-11-9-7-8-10-13-20(27)25(5)19(17-18(2)26)21(28)23-14-12-15-24(3)4/h19H,6-17H2,1-5H3,(H,23,28)/q-1. The van der Waals surface area contributed by atoms with Gasteiger partial charge in [-0.3, -0.25) is 9.59 Å². The van der Waals surface area contributed by atoms with Crippen molar-refractivity contribution in [2.75, 3.05) is 44.4 Å². The number of carbonyl (C=O) groups is 3. The number of nitrogens with zero attached hydrogens (tertiary/aromatic N) is 2. The molecule has 2 amide bonds. The molecule has 0 aliphatic rings. The Bertz CT molecular complexity index is 478. The third-order valence-electron chi connectivity index (χ3n) is 4.52. The molecule has 0 fully saturated rings. The van der Waals surface area contributed by atoms with E-state index in [9.17, 15) is 14.4 Å². The van der Waals surface area contributed by atoms with E-state index in [1.54, 1.807) is 7.05 Å². The van der Waals surface area contributed by atoms with Gasteiger partial charge in [0.05, 0.1) is 0 Å². The fourth-order valence-electron chi connectivity index (χ4n) is 2.85. The number of alkyl halides is 1. The van der Waals surface area contributed by atoms with E-state index < -0.39 is 6.04 Å². The van der Waals surface area contributed by atoms with Crippen LogP contribution in [-0.4, -0.2) is 77.9 Å². The van der Waals surface area contributed by atoms with Crippen molar-refractivity contribution in [2.45, 2.75) is 71.3 Å². The average Bonchev–Trinajstić information content (AvgIpc) is 2.66. The first-order valence-corrected chi connectivity index (χ1v) is 15.7. The summed E-state index contributed by atoms with van der Waals surface area (Å²) in [6.45, 7) is 5.15. The molecule has 172 valence electrons. The number of rotatable bonds is 18. The summed E-state index contributed by atoms with van der Waals surface area (Å²) in [4.78, 5) is 40.2. The van der Waals surface area contributed by atoms with Gasteiger partial charge < -0.3 is 10.2 Å². The molecule has 29 heavy (non-hydrogen) atoms. The minimum Gasteiger partial charge on any atom is -0.354 e. The van der Waals surface area contributed by atoms with Gasteiger partial charge in [-0.2, -0.15) is 0 Å². The van der Waals surface area contributed by atoms with E-state index >= 15 is 0 Å². The van der Waals surface area contributed by atoms with Gasteiger partial charge in [-0.1, -0.05) is 0 Å². The van der Waals surface area contributed by atoms with Crippen molar-refractivity contribution >= 4 is 26.5 Å². The zero-order valence-corrected chi connectivity index (χ0v) is 21.9. The molecule has 0 heterocycles. The smallest absolute Gasteiger partial charge is 0.354 e. The van der Waals surface area contributed by atoms with E-state index in [-0.39, 0.29) is 24.0 Å². The quantitative estimate of drug-likeness (QED) is 0.150. The van der Waals surface area contributed by atoms with Gasteiger partial charge in [0.2, 0.25) is 0 Å². The second-order valence-corrected chi connectivity index (χ2v) is 13.7. The summed E-state index contributed by atoms with van der Waals surface area (Å²) >= 11 is 0.363. The van der Waals surface area contributed by atoms with Crippen molar-refractivity contribution in [2.24, 2.45) is 0 Å². The first kappa shape index (κ1) is 28.6. The number of likely N-dealkylation sites (N-methyl/N-ethyl adjacent to an activating group) is 1. The van der Waals surface area contributed by atoms with Gasteiger partial charge in [0, 0.05) is 6.54 Å². The second-order valence-electron chi connectivity index (χ2n) is 7.58. The van der Waals surface area contributed by atoms with Crippen LogP contribution in [0.15, 0.2) is 0 Å². The Morgan fingerprint density at radius 3 is 2.28 bits per heavy atom. The number of halogens is 1. The molecule has 0 aromatic heterocycles. The number of carbonyl (C=O) groups excluding carboxylic acids is 3. The Hall–Kier alpha value is -0.350. The third kappa shape index (κ3) is 16.1. The van der Waals surface area contributed by atoms with Crippen molar-refractivity contribution in [3.05, 3.63) is 0 Å². The Balaban J connectivity index is 4.24. The van der Waals surface area contributed by atoms with Crippen LogP contribution in [-0.2, 0) is 14.4 Å². The Kier molecular flexibility index (Phi) is 18.2. The molecule has 1 atom stereocenters. The maximum atomic E-state index is 12.5. The zero-order chi connectivity index (χ0) is 22.1. The number of hydrogen-bond donors (Lipinski definition) is 1. The van der Waals surface area contributed by atoms with Crippen LogP contribution >= 0.6 is 8.93 Å². The molecule has 0 saturated carbocycles. The summed E-state index contributed by atoms with van der Waals surface area (Å²) in [5.41, 5.74) is 0. The SMILES string of the molecule is CC[I-]SCCCCCCCC(=O)N(C)C(CC(C)=O)C(=O)NCCCN(C)C.